The van der Waals surface area contributed by atoms with Gasteiger partial charge in [0.05, 0.1) is 0 Å². The van der Waals surface area contributed by atoms with E-state index in [0.29, 0.717) is 0 Å². The third-order valence-corrected chi connectivity index (χ3v) is 3.10. The molecule has 2 aromatic carbocycles. The van der Waals surface area contributed by atoms with Crippen LogP contribution in [-0.2, 0) is 41.8 Å². The maximum Gasteiger partial charge on any atom is 0.509 e. The summed E-state index contributed by atoms with van der Waals surface area (Å²) in [6, 6.07) is 18.1. The van der Waals surface area contributed by atoms with Gasteiger partial charge in [-0.2, -0.15) is 0 Å². The average molecular weight is 358 g/mol. The molecule has 0 heterocycles. The predicted molar refractivity (Wildman–Crippen MR) is 89.8 cm³/mol. The van der Waals surface area contributed by atoms with Crippen LogP contribution < -0.4 is 0 Å². The van der Waals surface area contributed by atoms with E-state index in [-0.39, 0.29) is 13.2 Å². The number of hydrogen-bond donors (Lipinski definition) is 0. The molecule has 7 heteroatoms. The van der Waals surface area contributed by atoms with Crippen LogP contribution in [0.4, 0.5) is 4.79 Å². The molecule has 136 valence electrons. The largest absolute Gasteiger partial charge is 0.509 e. The summed E-state index contributed by atoms with van der Waals surface area (Å²) in [4.78, 5) is 34.3. The number of carbonyl (C=O) groups excluding carboxylic acids is 3. The molecule has 0 aliphatic rings. The lowest BCUT2D eigenvalue weighted by atomic mass is 10.2. The summed E-state index contributed by atoms with van der Waals surface area (Å²) in [6.07, 6.45) is -1.15. The molecule has 0 aliphatic carbocycles. The molecular weight excluding hydrogens is 340 g/mol. The minimum Gasteiger partial charge on any atom is -0.458 e. The lowest BCUT2D eigenvalue weighted by molar-refractivity contribution is -0.151. The third kappa shape index (κ3) is 7.48. The van der Waals surface area contributed by atoms with Gasteiger partial charge in [-0.25, -0.2) is 14.4 Å². The Bertz CT molecular complexity index is 652. The summed E-state index contributed by atoms with van der Waals surface area (Å²) in [5.41, 5.74) is 1.62. The first-order valence-corrected chi connectivity index (χ1v) is 7.82. The maximum absolute atomic E-state index is 11.5. The van der Waals surface area contributed by atoms with Gasteiger partial charge < -0.3 is 18.9 Å². The van der Waals surface area contributed by atoms with Crippen LogP contribution in [0.15, 0.2) is 60.7 Å². The first-order valence-electron chi connectivity index (χ1n) is 7.82. The van der Waals surface area contributed by atoms with Gasteiger partial charge in [-0.05, 0) is 11.1 Å². The van der Waals surface area contributed by atoms with Crippen molar-refractivity contribution in [1.82, 2.24) is 0 Å². The Hall–Kier alpha value is -3.35. The maximum atomic E-state index is 11.5. The van der Waals surface area contributed by atoms with E-state index in [9.17, 15) is 14.4 Å². The Morgan fingerprint density at radius 2 is 0.962 bits per heavy atom. The van der Waals surface area contributed by atoms with E-state index in [1.165, 1.54) is 0 Å². The fraction of sp³-hybridized carbons (Fsp3) is 0.211. The summed E-state index contributed by atoms with van der Waals surface area (Å²) in [6.45, 7) is -1.07. The van der Waals surface area contributed by atoms with Gasteiger partial charge in [-0.3, -0.25) is 0 Å². The first-order chi connectivity index (χ1) is 12.6. The SMILES string of the molecule is O=C(COC(=O)OCC(=O)OCc1ccccc1)OCc1ccccc1. The van der Waals surface area contributed by atoms with E-state index < -0.39 is 31.3 Å². The molecule has 0 amide bonds. The lowest BCUT2D eigenvalue weighted by Crippen LogP contribution is -2.20. The van der Waals surface area contributed by atoms with Crippen molar-refractivity contribution >= 4 is 18.1 Å². The van der Waals surface area contributed by atoms with Gasteiger partial charge in [0.2, 0.25) is 0 Å². The Morgan fingerprint density at radius 1 is 0.577 bits per heavy atom. The van der Waals surface area contributed by atoms with E-state index in [2.05, 4.69) is 9.47 Å². The highest BCUT2D eigenvalue weighted by Crippen LogP contribution is 2.02. The van der Waals surface area contributed by atoms with Crippen LogP contribution in [-0.4, -0.2) is 31.3 Å². The topological polar surface area (TPSA) is 88.1 Å². The number of ether oxygens (including phenoxy) is 4. The molecule has 0 unspecified atom stereocenters. The number of hydrogen-bond acceptors (Lipinski definition) is 7. The highest BCUT2D eigenvalue weighted by atomic mass is 16.7. The highest BCUT2D eigenvalue weighted by Gasteiger charge is 2.13. The Labute approximate surface area is 150 Å². The van der Waals surface area contributed by atoms with Gasteiger partial charge in [-0.15, -0.1) is 0 Å². The third-order valence-electron chi connectivity index (χ3n) is 3.10. The van der Waals surface area contributed by atoms with Crippen molar-refractivity contribution in [3.05, 3.63) is 71.8 Å². The predicted octanol–water partition coefficient (Wildman–Crippen LogP) is 2.63. The van der Waals surface area contributed by atoms with Gasteiger partial charge in [0.15, 0.2) is 13.2 Å². The standard InChI is InChI=1S/C19H18O7/c20-17(23-11-15-7-3-1-4-8-15)13-25-19(22)26-14-18(21)24-12-16-9-5-2-6-10-16/h1-10H,11-14H2. The van der Waals surface area contributed by atoms with Gasteiger partial charge >= 0.3 is 18.1 Å². The molecule has 0 fully saturated rings. The Morgan fingerprint density at radius 3 is 1.35 bits per heavy atom. The minimum atomic E-state index is -1.15. The number of rotatable bonds is 8. The van der Waals surface area contributed by atoms with Crippen molar-refractivity contribution in [2.45, 2.75) is 13.2 Å². The second-order valence-corrected chi connectivity index (χ2v) is 5.12. The molecule has 0 saturated heterocycles. The number of esters is 2. The molecule has 0 aliphatic heterocycles. The van der Waals surface area contributed by atoms with E-state index in [4.69, 9.17) is 9.47 Å². The van der Waals surface area contributed by atoms with Gasteiger partial charge in [-0.1, -0.05) is 60.7 Å². The van der Waals surface area contributed by atoms with Crippen LogP contribution in [0.1, 0.15) is 11.1 Å². The van der Waals surface area contributed by atoms with Crippen LogP contribution in [0.2, 0.25) is 0 Å². The van der Waals surface area contributed by atoms with Crippen molar-refractivity contribution < 1.29 is 33.3 Å². The molecule has 0 N–H and O–H groups in total. The Kier molecular flexibility index (Phi) is 7.67. The zero-order valence-electron chi connectivity index (χ0n) is 14.0. The molecule has 26 heavy (non-hydrogen) atoms. The van der Waals surface area contributed by atoms with Crippen LogP contribution in [0.5, 0.6) is 0 Å². The Balaban J connectivity index is 1.56. The van der Waals surface area contributed by atoms with E-state index in [1.807, 2.05) is 36.4 Å². The van der Waals surface area contributed by atoms with Crippen molar-refractivity contribution in [2.75, 3.05) is 13.2 Å². The quantitative estimate of drug-likeness (QED) is 0.529. The van der Waals surface area contributed by atoms with Crippen LogP contribution in [0.3, 0.4) is 0 Å². The second kappa shape index (κ2) is 10.5. The van der Waals surface area contributed by atoms with E-state index >= 15 is 0 Å². The first kappa shape index (κ1) is 19.0. The fourth-order valence-corrected chi connectivity index (χ4v) is 1.84. The smallest absolute Gasteiger partial charge is 0.458 e. The molecule has 0 saturated carbocycles. The average Bonchev–Trinajstić information content (AvgIpc) is 2.69. The summed E-state index contributed by atoms with van der Waals surface area (Å²) < 4.78 is 19.0. The summed E-state index contributed by atoms with van der Waals surface area (Å²) in [5.74, 6) is -1.45. The molecule has 2 aromatic rings. The van der Waals surface area contributed by atoms with Crippen LogP contribution in [0.25, 0.3) is 0 Å². The molecule has 0 aromatic heterocycles. The van der Waals surface area contributed by atoms with Crippen molar-refractivity contribution in [3.63, 3.8) is 0 Å². The zero-order chi connectivity index (χ0) is 18.6. The fourth-order valence-electron chi connectivity index (χ4n) is 1.84. The van der Waals surface area contributed by atoms with Gasteiger partial charge in [0, 0.05) is 0 Å². The van der Waals surface area contributed by atoms with Crippen molar-refractivity contribution in [2.24, 2.45) is 0 Å². The molecule has 7 nitrogen and oxygen atoms in total. The van der Waals surface area contributed by atoms with E-state index in [0.717, 1.165) is 11.1 Å². The summed E-state index contributed by atoms with van der Waals surface area (Å²) >= 11 is 0. The highest BCUT2D eigenvalue weighted by molar-refractivity contribution is 5.76. The second-order valence-electron chi connectivity index (χ2n) is 5.12. The van der Waals surface area contributed by atoms with Crippen molar-refractivity contribution in [1.29, 1.82) is 0 Å². The molecule has 0 spiro atoms. The molecule has 0 radical (unpaired) electrons. The molecule has 0 atom stereocenters. The van der Waals surface area contributed by atoms with Crippen LogP contribution >= 0.6 is 0 Å². The monoisotopic (exact) mass is 358 g/mol. The lowest BCUT2D eigenvalue weighted by Gasteiger charge is -2.07. The normalized spacial score (nSPS) is 9.85. The van der Waals surface area contributed by atoms with Gasteiger partial charge in [0.1, 0.15) is 13.2 Å². The molecule has 0 bridgehead atoms. The number of benzene rings is 2. The van der Waals surface area contributed by atoms with Gasteiger partial charge in [0.25, 0.3) is 0 Å². The number of carbonyl (C=O) groups is 3. The molecular formula is C19H18O7. The summed E-state index contributed by atoms with van der Waals surface area (Å²) in [7, 11) is 0. The van der Waals surface area contributed by atoms with E-state index in [1.54, 1.807) is 24.3 Å². The molecule has 2 rings (SSSR count). The van der Waals surface area contributed by atoms with Crippen LogP contribution in [0, 0.1) is 0 Å². The van der Waals surface area contributed by atoms with Crippen molar-refractivity contribution in [3.8, 4) is 0 Å². The zero-order valence-corrected chi connectivity index (χ0v) is 14.0. The summed E-state index contributed by atoms with van der Waals surface area (Å²) in [5, 5.41) is 0. The minimum absolute atomic E-state index is 0.0733.